The van der Waals surface area contributed by atoms with Crippen molar-refractivity contribution in [1.82, 2.24) is 0 Å². The van der Waals surface area contributed by atoms with E-state index < -0.39 is 0 Å². The first-order valence-electron chi connectivity index (χ1n) is 20.0. The Bertz CT molecular complexity index is 2990. The van der Waals surface area contributed by atoms with Gasteiger partial charge in [-0.1, -0.05) is 172 Å². The average Bonchev–Trinajstić information content (AvgIpc) is 3.52. The van der Waals surface area contributed by atoms with Gasteiger partial charge >= 0.3 is 0 Å². The molecule has 1 nitrogen and oxygen atoms in total. The highest BCUT2D eigenvalue weighted by Gasteiger charge is 2.36. The molecule has 0 aromatic heterocycles. The molecular formula is C56H41N. The average molecular weight is 728 g/mol. The standard InChI is InChI=1S/C56H41N/c1-4-37-18-13-19-42-32-44(55-53(40-16-9-6-10-17-40)49-21-12-11-20-48(49)52(54(37)55)39-14-7-5-8-15-39)28-29-45(42)43-27-31-47-46-30-26-41(38-24-22-36(35-57)23-25-38)33-50(46)56(2,3)51(47)34-43/h5-34H,4H2,1-3H3/b19-13-,37-18+. The normalized spacial score (nSPS) is 14.9. The SMILES string of the molecule is CC/C1=C\C=C/c2cc(ccc2-c2ccc3c(c2)C(C)(C)c2cc(-c4ccc(C#N)cc4)ccc2-3)-c2c1c(-c1ccccc1)c1ccccc1c2-c1ccccc1. The molecule has 0 saturated carbocycles. The van der Waals surface area contributed by atoms with E-state index in [0.29, 0.717) is 5.56 Å². The van der Waals surface area contributed by atoms with Crippen molar-refractivity contribution in [1.29, 1.82) is 5.26 Å². The lowest BCUT2D eigenvalue weighted by Crippen LogP contribution is -2.15. The Kier molecular flexibility index (Phi) is 8.24. The maximum atomic E-state index is 9.33. The van der Waals surface area contributed by atoms with Gasteiger partial charge in [-0.2, -0.15) is 5.26 Å². The Morgan fingerprint density at radius 3 is 1.61 bits per heavy atom. The zero-order valence-corrected chi connectivity index (χ0v) is 32.5. The van der Waals surface area contributed by atoms with Gasteiger partial charge in [0.05, 0.1) is 11.6 Å². The Morgan fingerprint density at radius 2 is 1.00 bits per heavy atom. The molecule has 0 N–H and O–H groups in total. The van der Waals surface area contributed by atoms with E-state index in [2.05, 4.69) is 185 Å². The number of nitrogens with zero attached hydrogens (tertiary/aromatic N) is 1. The summed E-state index contributed by atoms with van der Waals surface area (Å²) in [6.07, 6.45) is 7.82. The molecule has 0 radical (unpaired) electrons. The first-order valence-corrected chi connectivity index (χ1v) is 20.0. The third-order valence-corrected chi connectivity index (χ3v) is 12.3. The van der Waals surface area contributed by atoms with Gasteiger partial charge in [0.25, 0.3) is 0 Å². The molecule has 0 unspecified atom stereocenters. The fraction of sp³-hybridized carbons (Fsp3) is 0.0893. The minimum absolute atomic E-state index is 0.181. The van der Waals surface area contributed by atoms with E-state index in [1.54, 1.807) is 0 Å². The molecule has 57 heavy (non-hydrogen) atoms. The molecule has 2 aliphatic carbocycles. The van der Waals surface area contributed by atoms with Crippen LogP contribution in [-0.4, -0.2) is 0 Å². The number of hydrogen-bond acceptors (Lipinski definition) is 1. The molecule has 0 heterocycles. The van der Waals surface area contributed by atoms with Gasteiger partial charge in [0.1, 0.15) is 0 Å². The van der Waals surface area contributed by atoms with Crippen LogP contribution in [0, 0.1) is 11.3 Å². The molecule has 8 aromatic rings. The van der Waals surface area contributed by atoms with E-state index >= 15 is 0 Å². The van der Waals surface area contributed by atoms with Gasteiger partial charge in [-0.3, -0.25) is 0 Å². The number of fused-ring (bicyclic) bond motifs is 8. The van der Waals surface area contributed by atoms with Crippen LogP contribution in [0.5, 0.6) is 0 Å². The summed E-state index contributed by atoms with van der Waals surface area (Å²) in [5, 5.41) is 11.9. The predicted molar refractivity (Wildman–Crippen MR) is 241 cm³/mol. The topological polar surface area (TPSA) is 23.8 Å². The highest BCUT2D eigenvalue weighted by Crippen LogP contribution is 2.53. The Balaban J connectivity index is 1.16. The summed E-state index contributed by atoms with van der Waals surface area (Å²) in [6, 6.07) is 62.0. The van der Waals surface area contributed by atoms with Gasteiger partial charge in [0.15, 0.2) is 0 Å². The predicted octanol–water partition coefficient (Wildman–Crippen LogP) is 15.2. The molecule has 0 saturated heterocycles. The van der Waals surface area contributed by atoms with Crippen LogP contribution in [0.25, 0.3) is 89.2 Å². The number of rotatable bonds is 5. The van der Waals surface area contributed by atoms with Gasteiger partial charge in [0.2, 0.25) is 0 Å². The van der Waals surface area contributed by atoms with Crippen molar-refractivity contribution in [2.75, 3.05) is 0 Å². The smallest absolute Gasteiger partial charge is 0.0991 e. The van der Waals surface area contributed by atoms with E-state index in [1.165, 1.54) is 99.8 Å². The molecule has 270 valence electrons. The summed E-state index contributed by atoms with van der Waals surface area (Å²) in [5.74, 6) is 0. The number of benzene rings is 8. The highest BCUT2D eigenvalue weighted by atomic mass is 14.4. The zero-order valence-electron chi connectivity index (χ0n) is 32.5. The summed E-state index contributed by atoms with van der Waals surface area (Å²) < 4.78 is 0. The Hall–Kier alpha value is -7.01. The van der Waals surface area contributed by atoms with Gasteiger partial charge < -0.3 is 0 Å². The number of hydrogen-bond donors (Lipinski definition) is 0. The molecule has 0 atom stereocenters. The first-order chi connectivity index (χ1) is 27.9. The van der Waals surface area contributed by atoms with Crippen molar-refractivity contribution >= 4 is 22.4 Å². The molecule has 0 fully saturated rings. The van der Waals surface area contributed by atoms with Crippen molar-refractivity contribution in [2.24, 2.45) is 0 Å². The van der Waals surface area contributed by atoms with E-state index in [0.717, 1.165) is 12.0 Å². The van der Waals surface area contributed by atoms with Gasteiger partial charge in [0, 0.05) is 5.41 Å². The van der Waals surface area contributed by atoms with Gasteiger partial charge in [-0.05, 0) is 142 Å². The van der Waals surface area contributed by atoms with Crippen molar-refractivity contribution in [3.8, 4) is 72.8 Å². The van der Waals surface area contributed by atoms with Gasteiger partial charge in [-0.25, -0.2) is 0 Å². The summed E-state index contributed by atoms with van der Waals surface area (Å²) in [6.45, 7) is 6.99. The maximum absolute atomic E-state index is 9.33. The lowest BCUT2D eigenvalue weighted by Gasteiger charge is -2.25. The van der Waals surface area contributed by atoms with Crippen molar-refractivity contribution in [3.05, 3.63) is 204 Å². The zero-order chi connectivity index (χ0) is 38.7. The van der Waals surface area contributed by atoms with Crippen LogP contribution in [0.4, 0.5) is 0 Å². The monoisotopic (exact) mass is 727 g/mol. The second kappa shape index (κ2) is 13.6. The van der Waals surface area contributed by atoms with Crippen LogP contribution >= 0.6 is 0 Å². The fourth-order valence-electron chi connectivity index (χ4n) is 9.44. The first kappa shape index (κ1) is 34.5. The van der Waals surface area contributed by atoms with Crippen LogP contribution in [0.15, 0.2) is 176 Å². The van der Waals surface area contributed by atoms with Crippen LogP contribution in [0.2, 0.25) is 0 Å². The van der Waals surface area contributed by atoms with Crippen molar-refractivity contribution in [3.63, 3.8) is 0 Å². The summed E-state index contributed by atoms with van der Waals surface area (Å²) >= 11 is 0. The fourth-order valence-corrected chi connectivity index (χ4v) is 9.44. The molecule has 0 aliphatic heterocycles. The third kappa shape index (κ3) is 5.60. The second-order valence-electron chi connectivity index (χ2n) is 15.8. The molecule has 2 bridgehead atoms. The molecule has 8 aromatic carbocycles. The van der Waals surface area contributed by atoms with E-state index in [1.807, 2.05) is 24.3 Å². The van der Waals surface area contributed by atoms with E-state index in [9.17, 15) is 5.26 Å². The second-order valence-corrected chi connectivity index (χ2v) is 15.8. The third-order valence-electron chi connectivity index (χ3n) is 12.3. The largest absolute Gasteiger partial charge is 0.192 e. The van der Waals surface area contributed by atoms with E-state index in [-0.39, 0.29) is 5.41 Å². The number of nitriles is 1. The highest BCUT2D eigenvalue weighted by molar-refractivity contribution is 6.16. The summed E-state index contributed by atoms with van der Waals surface area (Å²) in [4.78, 5) is 0. The van der Waals surface area contributed by atoms with Crippen LogP contribution < -0.4 is 0 Å². The van der Waals surface area contributed by atoms with Crippen LogP contribution in [0.1, 0.15) is 55.0 Å². The number of allylic oxidation sites excluding steroid dienone is 3. The minimum atomic E-state index is -0.181. The van der Waals surface area contributed by atoms with Crippen molar-refractivity contribution < 1.29 is 0 Å². The lowest BCUT2D eigenvalue weighted by molar-refractivity contribution is 0.661. The Labute approximate surface area is 335 Å². The van der Waals surface area contributed by atoms with Crippen LogP contribution in [-0.2, 0) is 5.41 Å². The molecule has 0 amide bonds. The van der Waals surface area contributed by atoms with E-state index in [4.69, 9.17) is 0 Å². The maximum Gasteiger partial charge on any atom is 0.0991 e. The van der Waals surface area contributed by atoms with Crippen molar-refractivity contribution in [2.45, 2.75) is 32.6 Å². The Morgan fingerprint density at radius 1 is 0.474 bits per heavy atom. The molecule has 0 spiro atoms. The molecule has 2 aliphatic rings. The molecule has 10 rings (SSSR count). The summed E-state index contributed by atoms with van der Waals surface area (Å²) in [7, 11) is 0. The lowest BCUT2D eigenvalue weighted by atomic mass is 9.78. The molecule has 1 heteroatoms. The summed E-state index contributed by atoms with van der Waals surface area (Å²) in [5.41, 5.74) is 21.9. The van der Waals surface area contributed by atoms with Crippen LogP contribution in [0.3, 0.4) is 0 Å². The van der Waals surface area contributed by atoms with Gasteiger partial charge in [-0.15, -0.1) is 0 Å². The quantitative estimate of drug-likeness (QED) is 0.173. The molecular weight excluding hydrogens is 687 g/mol. The minimum Gasteiger partial charge on any atom is -0.192 e.